The number of unbranched alkanes of at least 4 members (excludes halogenated alkanes) is 1. The monoisotopic (exact) mass is 497 g/mol. The van der Waals surface area contributed by atoms with E-state index in [1.165, 1.54) is 24.2 Å². The summed E-state index contributed by atoms with van der Waals surface area (Å²) in [5.74, 6) is -0.646. The molecular formula is C25H28ClN5O4. The molecule has 0 unspecified atom stereocenters. The molecule has 1 aromatic heterocycles. The molecule has 9 nitrogen and oxygen atoms in total. The van der Waals surface area contributed by atoms with Gasteiger partial charge < -0.3 is 20.3 Å². The number of ether oxygens (including phenoxy) is 1. The van der Waals surface area contributed by atoms with E-state index in [0.717, 1.165) is 11.1 Å². The topological polar surface area (TPSA) is 124 Å². The first-order valence-corrected chi connectivity index (χ1v) is 11.7. The minimum Gasteiger partial charge on any atom is -0.449 e. The van der Waals surface area contributed by atoms with E-state index in [1.54, 1.807) is 0 Å². The highest BCUT2D eigenvalue weighted by Gasteiger charge is 2.54. The van der Waals surface area contributed by atoms with Gasteiger partial charge >= 0.3 is 6.09 Å². The van der Waals surface area contributed by atoms with Crippen molar-refractivity contribution in [2.75, 3.05) is 32.1 Å². The van der Waals surface area contributed by atoms with Crippen LogP contribution in [0, 0.1) is 11.3 Å². The largest absolute Gasteiger partial charge is 0.449 e. The molecule has 1 saturated heterocycles. The Hall–Kier alpha value is -3.64. The van der Waals surface area contributed by atoms with Crippen LogP contribution in [0.2, 0.25) is 5.15 Å². The number of likely N-dealkylation sites (tertiary alicyclic amines) is 1. The average molecular weight is 498 g/mol. The van der Waals surface area contributed by atoms with Crippen molar-refractivity contribution in [1.82, 2.24) is 15.2 Å². The van der Waals surface area contributed by atoms with E-state index in [4.69, 9.17) is 21.6 Å². The fraction of sp³-hybridized carbons (Fsp3) is 0.400. The van der Waals surface area contributed by atoms with Gasteiger partial charge in [-0.1, -0.05) is 49.7 Å². The number of rotatable bonds is 8. The van der Waals surface area contributed by atoms with Crippen molar-refractivity contribution in [1.29, 1.82) is 5.26 Å². The summed E-state index contributed by atoms with van der Waals surface area (Å²) in [5.41, 5.74) is 1.15. The summed E-state index contributed by atoms with van der Waals surface area (Å²) >= 11 is 5.97. The molecule has 0 bridgehead atoms. The molecule has 1 aromatic carbocycles. The summed E-state index contributed by atoms with van der Waals surface area (Å²) in [7, 11) is 1.48. The Kier molecular flexibility index (Phi) is 8.30. The number of carbonyl (C=O) groups is 3. The second kappa shape index (κ2) is 11.2. The molecule has 1 aliphatic rings. The Bertz CT molecular complexity index is 1150. The first-order chi connectivity index (χ1) is 16.7. The number of nitriles is 1. The molecule has 0 spiro atoms. The molecule has 1 aliphatic heterocycles. The molecule has 0 aliphatic carbocycles. The number of amides is 3. The van der Waals surface area contributed by atoms with Gasteiger partial charge in [-0.05, 0) is 29.5 Å². The number of benzene rings is 1. The summed E-state index contributed by atoms with van der Waals surface area (Å²) in [4.78, 5) is 44.2. The zero-order valence-electron chi connectivity index (χ0n) is 19.9. The summed E-state index contributed by atoms with van der Waals surface area (Å²) in [6.07, 6.45) is 1.55. The fourth-order valence-electron chi connectivity index (χ4n) is 4.10. The predicted octanol–water partition coefficient (Wildman–Crippen LogP) is 3.85. The highest BCUT2D eigenvalue weighted by molar-refractivity contribution is 6.30. The summed E-state index contributed by atoms with van der Waals surface area (Å²) in [6.45, 7) is 4.43. The number of carbonyl (C=O) groups excluding carboxylic acids is 3. The molecule has 35 heavy (non-hydrogen) atoms. The molecule has 2 heterocycles. The van der Waals surface area contributed by atoms with Crippen LogP contribution in [0.3, 0.4) is 0 Å². The third kappa shape index (κ3) is 5.54. The third-order valence-corrected chi connectivity index (χ3v) is 6.17. The average Bonchev–Trinajstić information content (AvgIpc) is 2.82. The van der Waals surface area contributed by atoms with Crippen molar-refractivity contribution in [2.45, 2.75) is 38.0 Å². The van der Waals surface area contributed by atoms with Crippen molar-refractivity contribution in [2.24, 2.45) is 0 Å². The number of halogens is 1. The van der Waals surface area contributed by atoms with Crippen LogP contribution in [0.5, 0.6) is 0 Å². The summed E-state index contributed by atoms with van der Waals surface area (Å²) < 4.78 is 5.26. The Morgan fingerprint density at radius 2 is 2.00 bits per heavy atom. The zero-order chi connectivity index (χ0) is 25.6. The van der Waals surface area contributed by atoms with Gasteiger partial charge in [0.05, 0.1) is 30.1 Å². The summed E-state index contributed by atoms with van der Waals surface area (Å²) in [6, 6.07) is 11.0. The molecule has 0 atom stereocenters. The van der Waals surface area contributed by atoms with E-state index in [9.17, 15) is 14.4 Å². The van der Waals surface area contributed by atoms with Gasteiger partial charge in [-0.25, -0.2) is 9.78 Å². The van der Waals surface area contributed by atoms with Crippen LogP contribution in [-0.2, 0) is 14.9 Å². The molecule has 10 heteroatoms. The normalized spacial score (nSPS) is 14.0. The van der Waals surface area contributed by atoms with Crippen LogP contribution >= 0.6 is 11.6 Å². The van der Waals surface area contributed by atoms with Gasteiger partial charge in [0, 0.05) is 26.6 Å². The fourth-order valence-corrected chi connectivity index (χ4v) is 4.26. The van der Waals surface area contributed by atoms with E-state index in [-0.39, 0.29) is 47.9 Å². The molecule has 184 valence electrons. The SMILES string of the molecule is CNC(=O)c1cc(Cl)ncc1NC(=O)C1(c2ccccc2C(C)C)CN(C(=O)OCCCC#N)C1. The predicted molar refractivity (Wildman–Crippen MR) is 131 cm³/mol. The Morgan fingerprint density at radius 3 is 2.66 bits per heavy atom. The molecule has 1 fully saturated rings. The van der Waals surface area contributed by atoms with E-state index in [2.05, 4.69) is 15.6 Å². The number of nitrogens with one attached hydrogen (secondary N) is 2. The van der Waals surface area contributed by atoms with Gasteiger partial charge in [-0.2, -0.15) is 5.26 Å². The number of pyridine rings is 1. The lowest BCUT2D eigenvalue weighted by Crippen LogP contribution is -2.66. The number of hydrogen-bond acceptors (Lipinski definition) is 6. The van der Waals surface area contributed by atoms with Crippen molar-refractivity contribution >= 4 is 35.2 Å². The van der Waals surface area contributed by atoms with Crippen LogP contribution in [0.4, 0.5) is 10.5 Å². The maximum atomic E-state index is 13.8. The highest BCUT2D eigenvalue weighted by Crippen LogP contribution is 2.40. The van der Waals surface area contributed by atoms with Crippen LogP contribution in [0.1, 0.15) is 54.1 Å². The molecule has 2 N–H and O–H groups in total. The Morgan fingerprint density at radius 1 is 1.29 bits per heavy atom. The second-order valence-corrected chi connectivity index (χ2v) is 9.03. The maximum absolute atomic E-state index is 13.8. The van der Waals surface area contributed by atoms with Gasteiger partial charge in [-0.15, -0.1) is 0 Å². The smallest absolute Gasteiger partial charge is 0.409 e. The lowest BCUT2D eigenvalue weighted by atomic mass is 9.70. The second-order valence-electron chi connectivity index (χ2n) is 8.64. The Labute approximate surface area is 209 Å². The molecule has 0 radical (unpaired) electrons. The minimum atomic E-state index is -1.05. The van der Waals surface area contributed by atoms with Gasteiger partial charge in [0.1, 0.15) is 10.6 Å². The van der Waals surface area contributed by atoms with Crippen LogP contribution in [-0.4, -0.2) is 54.5 Å². The molecular weight excluding hydrogens is 470 g/mol. The van der Waals surface area contributed by atoms with Gasteiger partial charge in [0.15, 0.2) is 0 Å². The summed E-state index contributed by atoms with van der Waals surface area (Å²) in [5, 5.41) is 14.1. The van der Waals surface area contributed by atoms with Gasteiger partial charge in [0.2, 0.25) is 5.91 Å². The first-order valence-electron chi connectivity index (χ1n) is 11.3. The third-order valence-electron chi connectivity index (χ3n) is 5.96. The molecule has 0 saturated carbocycles. The van der Waals surface area contributed by atoms with Gasteiger partial charge in [0.25, 0.3) is 5.91 Å². The van der Waals surface area contributed by atoms with Gasteiger partial charge in [-0.3, -0.25) is 9.59 Å². The van der Waals surface area contributed by atoms with Crippen LogP contribution in [0.15, 0.2) is 36.5 Å². The van der Waals surface area contributed by atoms with Crippen LogP contribution in [0.25, 0.3) is 0 Å². The molecule has 2 aromatic rings. The Balaban J connectivity index is 1.92. The highest BCUT2D eigenvalue weighted by atomic mass is 35.5. The molecule has 3 rings (SSSR count). The minimum absolute atomic E-state index is 0.107. The molecule has 3 amide bonds. The van der Waals surface area contributed by atoms with Crippen molar-refractivity contribution in [3.8, 4) is 6.07 Å². The van der Waals surface area contributed by atoms with E-state index >= 15 is 0 Å². The number of anilines is 1. The van der Waals surface area contributed by atoms with E-state index in [0.29, 0.717) is 12.8 Å². The first kappa shape index (κ1) is 26.0. The number of hydrogen-bond donors (Lipinski definition) is 2. The maximum Gasteiger partial charge on any atom is 0.409 e. The lowest BCUT2D eigenvalue weighted by Gasteiger charge is -2.49. The zero-order valence-corrected chi connectivity index (χ0v) is 20.7. The van der Waals surface area contributed by atoms with Crippen molar-refractivity contribution in [3.63, 3.8) is 0 Å². The number of nitrogens with zero attached hydrogens (tertiary/aromatic N) is 3. The standard InChI is InChI=1S/C25H28ClN5O4/c1-16(2)17-8-4-5-9-19(17)25(14-31(15-25)24(34)35-11-7-6-10-27)23(33)30-20-13-29-21(26)12-18(20)22(32)28-3/h4-5,8-9,12-13,16H,6-7,11,14-15H2,1-3H3,(H,28,32)(H,30,33). The van der Waals surface area contributed by atoms with Crippen LogP contribution < -0.4 is 10.6 Å². The van der Waals surface area contributed by atoms with Crippen molar-refractivity contribution < 1.29 is 19.1 Å². The lowest BCUT2D eigenvalue weighted by molar-refractivity contribution is -0.127. The number of aromatic nitrogens is 1. The van der Waals surface area contributed by atoms with Crippen molar-refractivity contribution in [3.05, 3.63) is 58.4 Å². The van der Waals surface area contributed by atoms with E-state index < -0.39 is 17.4 Å². The van der Waals surface area contributed by atoms with E-state index in [1.807, 2.05) is 44.2 Å². The quantitative estimate of drug-likeness (QED) is 0.421.